The molecule has 0 saturated heterocycles. The average molecular weight is 509 g/mol. The van der Waals surface area contributed by atoms with E-state index in [2.05, 4.69) is 5.32 Å². The van der Waals surface area contributed by atoms with E-state index in [1.54, 1.807) is 37.4 Å². The molecule has 5 rings (SSSR count). The second-order valence-electron chi connectivity index (χ2n) is 8.73. The number of hydrogen-bond donors (Lipinski definition) is 1. The standard InChI is InChI=1S/C27H25FN2O5S/c1-29-27(31)25-22-15-18-5-3-4-14-30(36(2,32)33)23(18)16-24(22)35-26(25)17-6-10-20(11-7-17)34-21-12-8-19(28)9-13-21/h6-13,15-16H,3-5,14H2,1-2H3,(H,29,31). The third-order valence-corrected chi connectivity index (χ3v) is 7.42. The van der Waals surface area contributed by atoms with Crippen LogP contribution >= 0.6 is 0 Å². The fourth-order valence-corrected chi connectivity index (χ4v) is 5.50. The van der Waals surface area contributed by atoms with Gasteiger partial charge in [0, 0.05) is 30.6 Å². The molecule has 36 heavy (non-hydrogen) atoms. The van der Waals surface area contributed by atoms with Gasteiger partial charge in [-0.3, -0.25) is 9.10 Å². The van der Waals surface area contributed by atoms with Crippen molar-refractivity contribution in [3.8, 4) is 22.8 Å². The van der Waals surface area contributed by atoms with Crippen molar-refractivity contribution in [2.24, 2.45) is 0 Å². The number of carbonyl (C=O) groups excluding carboxylic acids is 1. The number of carbonyl (C=O) groups is 1. The van der Waals surface area contributed by atoms with Crippen LogP contribution in [0.1, 0.15) is 28.8 Å². The van der Waals surface area contributed by atoms with Crippen molar-refractivity contribution in [2.45, 2.75) is 19.3 Å². The Kier molecular flexibility index (Phi) is 6.17. The Morgan fingerprint density at radius 3 is 2.33 bits per heavy atom. The van der Waals surface area contributed by atoms with Crippen molar-refractivity contribution in [2.75, 3.05) is 24.2 Å². The van der Waals surface area contributed by atoms with Crippen molar-refractivity contribution in [3.05, 3.63) is 77.6 Å². The number of sulfonamides is 1. The number of amides is 1. The van der Waals surface area contributed by atoms with Crippen molar-refractivity contribution in [3.63, 3.8) is 0 Å². The lowest BCUT2D eigenvalue weighted by molar-refractivity contribution is 0.0964. The normalized spacial score (nSPS) is 13.8. The predicted octanol–water partition coefficient (Wildman–Crippen LogP) is 5.49. The molecule has 0 spiro atoms. The molecule has 9 heteroatoms. The summed E-state index contributed by atoms with van der Waals surface area (Å²) in [6.45, 7) is 0.405. The summed E-state index contributed by atoms with van der Waals surface area (Å²) < 4.78 is 51.4. The number of aryl methyl sites for hydroxylation is 1. The average Bonchev–Trinajstić information content (AvgIpc) is 3.08. The van der Waals surface area contributed by atoms with E-state index in [4.69, 9.17) is 9.15 Å². The summed E-state index contributed by atoms with van der Waals surface area (Å²) in [7, 11) is -1.91. The van der Waals surface area contributed by atoms with Crippen LogP contribution < -0.4 is 14.4 Å². The molecule has 3 aromatic carbocycles. The van der Waals surface area contributed by atoms with E-state index in [0.29, 0.717) is 58.0 Å². The summed E-state index contributed by atoms with van der Waals surface area (Å²) in [6, 6.07) is 16.3. The van der Waals surface area contributed by atoms with Crippen LogP contribution in [0.5, 0.6) is 11.5 Å². The summed E-state index contributed by atoms with van der Waals surface area (Å²) in [6.07, 6.45) is 3.51. The largest absolute Gasteiger partial charge is 0.457 e. The molecule has 1 amide bonds. The third kappa shape index (κ3) is 4.54. The summed E-state index contributed by atoms with van der Waals surface area (Å²) in [4.78, 5) is 12.9. The molecule has 1 N–H and O–H groups in total. The van der Waals surface area contributed by atoms with Crippen LogP contribution in [0.15, 0.2) is 65.1 Å². The van der Waals surface area contributed by atoms with Crippen LogP contribution in [0.2, 0.25) is 0 Å². The number of nitrogens with zero attached hydrogens (tertiary/aromatic N) is 1. The fraction of sp³-hybridized carbons (Fsp3) is 0.222. The van der Waals surface area contributed by atoms with Crippen molar-refractivity contribution in [1.29, 1.82) is 0 Å². The fourth-order valence-electron chi connectivity index (χ4n) is 4.51. The van der Waals surface area contributed by atoms with Gasteiger partial charge in [-0.05, 0) is 79.4 Å². The van der Waals surface area contributed by atoms with Gasteiger partial charge in [0.15, 0.2) is 0 Å². The maximum Gasteiger partial charge on any atom is 0.255 e. The smallest absolute Gasteiger partial charge is 0.255 e. The molecule has 0 bridgehead atoms. The van der Waals surface area contributed by atoms with E-state index >= 15 is 0 Å². The lowest BCUT2D eigenvalue weighted by Crippen LogP contribution is -2.30. The van der Waals surface area contributed by atoms with Gasteiger partial charge >= 0.3 is 0 Å². The van der Waals surface area contributed by atoms with Gasteiger partial charge in [0.05, 0.1) is 17.5 Å². The van der Waals surface area contributed by atoms with Crippen LogP contribution in [-0.2, 0) is 16.4 Å². The Bertz CT molecular complexity index is 1540. The van der Waals surface area contributed by atoms with Gasteiger partial charge < -0.3 is 14.5 Å². The number of furan rings is 1. The number of ether oxygens (including phenoxy) is 1. The molecule has 2 heterocycles. The second kappa shape index (κ2) is 9.31. The van der Waals surface area contributed by atoms with Gasteiger partial charge in [-0.15, -0.1) is 0 Å². The monoisotopic (exact) mass is 508 g/mol. The number of anilines is 1. The Morgan fingerprint density at radius 1 is 1.03 bits per heavy atom. The van der Waals surface area contributed by atoms with E-state index in [1.807, 2.05) is 6.07 Å². The number of rotatable bonds is 5. The van der Waals surface area contributed by atoms with Gasteiger partial charge in [-0.1, -0.05) is 0 Å². The van der Waals surface area contributed by atoms with E-state index in [9.17, 15) is 17.6 Å². The lowest BCUT2D eigenvalue weighted by atomic mass is 10.0. The summed E-state index contributed by atoms with van der Waals surface area (Å²) in [5, 5.41) is 3.31. The molecule has 0 fully saturated rings. The number of benzene rings is 3. The first-order chi connectivity index (χ1) is 17.2. The molecule has 0 atom stereocenters. The van der Waals surface area contributed by atoms with Gasteiger partial charge in [-0.2, -0.15) is 0 Å². The zero-order chi connectivity index (χ0) is 25.4. The first-order valence-electron chi connectivity index (χ1n) is 11.6. The van der Waals surface area contributed by atoms with Gasteiger partial charge in [0.25, 0.3) is 5.91 Å². The molecule has 1 aliphatic heterocycles. The SMILES string of the molecule is CNC(=O)c1c(-c2ccc(Oc3ccc(F)cc3)cc2)oc2cc3c(cc12)CCCCN3S(C)(=O)=O. The lowest BCUT2D eigenvalue weighted by Gasteiger charge is -2.22. The highest BCUT2D eigenvalue weighted by Crippen LogP contribution is 2.40. The summed E-state index contributed by atoms with van der Waals surface area (Å²) in [5.41, 5.74) is 2.94. The van der Waals surface area contributed by atoms with Crippen LogP contribution in [0.3, 0.4) is 0 Å². The number of hydrogen-bond acceptors (Lipinski definition) is 5. The maximum absolute atomic E-state index is 13.2. The number of fused-ring (bicyclic) bond motifs is 2. The van der Waals surface area contributed by atoms with Crippen molar-refractivity contribution < 1.29 is 26.8 Å². The molecule has 0 aliphatic carbocycles. The highest BCUT2D eigenvalue weighted by molar-refractivity contribution is 7.92. The highest BCUT2D eigenvalue weighted by Gasteiger charge is 2.27. The molecule has 7 nitrogen and oxygen atoms in total. The highest BCUT2D eigenvalue weighted by atomic mass is 32.2. The summed E-state index contributed by atoms with van der Waals surface area (Å²) >= 11 is 0. The molecule has 0 radical (unpaired) electrons. The van der Waals surface area contributed by atoms with Gasteiger partial charge in [-0.25, -0.2) is 12.8 Å². The Labute approximate surface area is 208 Å². The van der Waals surface area contributed by atoms with E-state index in [-0.39, 0.29) is 11.7 Å². The van der Waals surface area contributed by atoms with Crippen molar-refractivity contribution >= 4 is 32.6 Å². The first kappa shape index (κ1) is 23.9. The van der Waals surface area contributed by atoms with E-state index < -0.39 is 10.0 Å². The predicted molar refractivity (Wildman–Crippen MR) is 137 cm³/mol. The van der Waals surface area contributed by atoms with E-state index in [0.717, 1.165) is 18.4 Å². The molecule has 0 saturated carbocycles. The number of nitrogens with one attached hydrogen (secondary N) is 1. The zero-order valence-electron chi connectivity index (χ0n) is 19.9. The van der Waals surface area contributed by atoms with Gasteiger partial charge in [0.2, 0.25) is 10.0 Å². The first-order valence-corrected chi connectivity index (χ1v) is 13.4. The minimum absolute atomic E-state index is 0.302. The Balaban J connectivity index is 1.59. The minimum Gasteiger partial charge on any atom is -0.457 e. The van der Waals surface area contributed by atoms with Crippen LogP contribution in [0, 0.1) is 5.82 Å². The molecule has 0 unspecified atom stereocenters. The molecule has 4 aromatic rings. The minimum atomic E-state index is -3.46. The Morgan fingerprint density at radius 2 is 1.69 bits per heavy atom. The molecule has 1 aliphatic rings. The molecular weight excluding hydrogens is 483 g/mol. The topological polar surface area (TPSA) is 88.8 Å². The maximum atomic E-state index is 13.2. The third-order valence-electron chi connectivity index (χ3n) is 6.24. The quantitative estimate of drug-likeness (QED) is 0.385. The number of halogens is 1. The van der Waals surface area contributed by atoms with Crippen LogP contribution in [0.4, 0.5) is 10.1 Å². The second-order valence-corrected chi connectivity index (χ2v) is 10.6. The Hall–Kier alpha value is -3.85. The molecular formula is C27H25FN2O5S. The van der Waals surface area contributed by atoms with Crippen LogP contribution in [0.25, 0.3) is 22.3 Å². The van der Waals surface area contributed by atoms with E-state index in [1.165, 1.54) is 34.8 Å². The van der Waals surface area contributed by atoms with Crippen LogP contribution in [-0.4, -0.2) is 34.2 Å². The van der Waals surface area contributed by atoms with Gasteiger partial charge in [0.1, 0.15) is 28.7 Å². The molecule has 186 valence electrons. The molecule has 1 aromatic heterocycles. The van der Waals surface area contributed by atoms with Crippen molar-refractivity contribution in [1.82, 2.24) is 5.32 Å². The zero-order valence-corrected chi connectivity index (χ0v) is 20.7. The summed E-state index contributed by atoms with van der Waals surface area (Å²) in [5.74, 6) is 0.767.